The Balaban J connectivity index is 1.99. The molecule has 1 fully saturated rings. The molecular formula is C15H20N2O. The molecule has 1 aliphatic rings. The van der Waals surface area contributed by atoms with E-state index >= 15 is 0 Å². The van der Waals surface area contributed by atoms with Crippen molar-refractivity contribution < 1.29 is 4.42 Å². The molecule has 2 heterocycles. The monoisotopic (exact) mass is 244 g/mol. The highest BCUT2D eigenvalue weighted by molar-refractivity contribution is 5.77. The average molecular weight is 244 g/mol. The molecule has 0 bridgehead atoms. The molecule has 3 rings (SSSR count). The highest BCUT2D eigenvalue weighted by Gasteiger charge is 2.19. The van der Waals surface area contributed by atoms with Crippen LogP contribution in [0.4, 0.5) is 0 Å². The van der Waals surface area contributed by atoms with Crippen LogP contribution in [0, 0.1) is 13.8 Å². The van der Waals surface area contributed by atoms with E-state index in [4.69, 9.17) is 4.42 Å². The molecule has 0 saturated carbocycles. The third-order valence-electron chi connectivity index (χ3n) is 3.70. The Labute approximate surface area is 108 Å². The Morgan fingerprint density at radius 1 is 1.22 bits per heavy atom. The highest BCUT2D eigenvalue weighted by atomic mass is 16.3. The van der Waals surface area contributed by atoms with Gasteiger partial charge in [-0.1, -0.05) is 18.9 Å². The zero-order chi connectivity index (χ0) is 12.5. The molecule has 1 aliphatic heterocycles. The van der Waals surface area contributed by atoms with Crippen molar-refractivity contribution in [3.05, 3.63) is 29.2 Å². The summed E-state index contributed by atoms with van der Waals surface area (Å²) in [6, 6.07) is 4.55. The minimum atomic E-state index is 0.291. The van der Waals surface area contributed by atoms with Gasteiger partial charge in [0, 0.05) is 0 Å². The lowest BCUT2D eigenvalue weighted by Crippen LogP contribution is -2.20. The number of nitrogens with one attached hydrogen (secondary N) is 1. The first kappa shape index (κ1) is 11.7. The molecule has 3 heteroatoms. The zero-order valence-corrected chi connectivity index (χ0v) is 11.1. The maximum Gasteiger partial charge on any atom is 0.212 e. The van der Waals surface area contributed by atoms with E-state index in [9.17, 15) is 0 Å². The van der Waals surface area contributed by atoms with Gasteiger partial charge >= 0.3 is 0 Å². The highest BCUT2D eigenvalue weighted by Crippen LogP contribution is 2.27. The van der Waals surface area contributed by atoms with Crippen LogP contribution in [0.2, 0.25) is 0 Å². The van der Waals surface area contributed by atoms with E-state index in [-0.39, 0.29) is 0 Å². The predicted molar refractivity (Wildman–Crippen MR) is 72.7 cm³/mol. The molecule has 18 heavy (non-hydrogen) atoms. The van der Waals surface area contributed by atoms with E-state index < -0.39 is 0 Å². The van der Waals surface area contributed by atoms with Crippen LogP contribution in [0.15, 0.2) is 16.5 Å². The molecule has 0 spiro atoms. The Morgan fingerprint density at radius 3 is 3.00 bits per heavy atom. The molecule has 2 aromatic rings. The molecule has 0 radical (unpaired) electrons. The van der Waals surface area contributed by atoms with E-state index in [1.807, 2.05) is 0 Å². The van der Waals surface area contributed by atoms with Gasteiger partial charge in [0.15, 0.2) is 5.58 Å². The van der Waals surface area contributed by atoms with Gasteiger partial charge in [-0.25, -0.2) is 4.98 Å². The first-order valence-corrected chi connectivity index (χ1v) is 6.85. The third-order valence-corrected chi connectivity index (χ3v) is 3.70. The number of hydrogen-bond acceptors (Lipinski definition) is 3. The number of rotatable bonds is 1. The smallest absolute Gasteiger partial charge is 0.212 e. The van der Waals surface area contributed by atoms with Gasteiger partial charge in [-0.2, -0.15) is 0 Å². The molecule has 1 unspecified atom stereocenters. The quantitative estimate of drug-likeness (QED) is 0.832. The van der Waals surface area contributed by atoms with Gasteiger partial charge < -0.3 is 9.73 Å². The number of benzene rings is 1. The molecule has 0 aliphatic carbocycles. The van der Waals surface area contributed by atoms with Crippen molar-refractivity contribution in [2.24, 2.45) is 0 Å². The van der Waals surface area contributed by atoms with Gasteiger partial charge in [-0.3, -0.25) is 0 Å². The number of aromatic nitrogens is 1. The van der Waals surface area contributed by atoms with Crippen LogP contribution in [0.5, 0.6) is 0 Å². The van der Waals surface area contributed by atoms with Crippen LogP contribution in [0.25, 0.3) is 11.1 Å². The van der Waals surface area contributed by atoms with E-state index in [2.05, 4.69) is 36.3 Å². The number of nitrogens with zero attached hydrogens (tertiary/aromatic N) is 1. The predicted octanol–water partition coefficient (Wildman–Crippen LogP) is 3.65. The summed E-state index contributed by atoms with van der Waals surface area (Å²) in [5, 5.41) is 3.54. The molecule has 1 atom stereocenters. The lowest BCUT2D eigenvalue weighted by molar-refractivity contribution is 0.409. The second kappa shape index (κ2) is 4.73. The third kappa shape index (κ3) is 2.15. The Kier molecular flexibility index (Phi) is 3.08. The fourth-order valence-electron chi connectivity index (χ4n) is 2.78. The lowest BCUT2D eigenvalue weighted by atomic mass is 10.1. The average Bonchev–Trinajstić information content (AvgIpc) is 2.59. The van der Waals surface area contributed by atoms with Gasteiger partial charge in [0.25, 0.3) is 0 Å². The summed E-state index contributed by atoms with van der Waals surface area (Å²) in [7, 11) is 0. The molecule has 1 aromatic carbocycles. The normalized spacial score (nSPS) is 21.1. The molecule has 1 saturated heterocycles. The number of hydrogen-bond donors (Lipinski definition) is 1. The number of oxazole rings is 1. The Bertz CT molecular complexity index is 551. The minimum Gasteiger partial charge on any atom is -0.439 e. The fraction of sp³-hybridized carbons (Fsp3) is 0.533. The summed E-state index contributed by atoms with van der Waals surface area (Å²) in [6.07, 6.45) is 4.95. The van der Waals surface area contributed by atoms with E-state index in [1.165, 1.54) is 30.4 Å². The molecule has 96 valence electrons. The van der Waals surface area contributed by atoms with Gasteiger partial charge in [0.05, 0.1) is 6.04 Å². The number of fused-ring (bicyclic) bond motifs is 1. The Hall–Kier alpha value is -1.35. The van der Waals surface area contributed by atoms with Crippen LogP contribution >= 0.6 is 0 Å². The largest absolute Gasteiger partial charge is 0.439 e. The van der Waals surface area contributed by atoms with Gasteiger partial charge in [0.2, 0.25) is 5.89 Å². The molecule has 1 N–H and O–H groups in total. The fourth-order valence-corrected chi connectivity index (χ4v) is 2.78. The topological polar surface area (TPSA) is 38.1 Å². The maximum atomic E-state index is 5.98. The van der Waals surface area contributed by atoms with Crippen LogP contribution in [0.3, 0.4) is 0 Å². The van der Waals surface area contributed by atoms with Crippen molar-refractivity contribution in [2.45, 2.75) is 45.6 Å². The summed E-state index contributed by atoms with van der Waals surface area (Å²) < 4.78 is 5.98. The molecular weight excluding hydrogens is 224 g/mol. The summed E-state index contributed by atoms with van der Waals surface area (Å²) in [5.41, 5.74) is 4.36. The second-order valence-electron chi connectivity index (χ2n) is 5.34. The van der Waals surface area contributed by atoms with Crippen molar-refractivity contribution in [3.8, 4) is 0 Å². The zero-order valence-electron chi connectivity index (χ0n) is 11.1. The van der Waals surface area contributed by atoms with Crippen molar-refractivity contribution in [1.82, 2.24) is 10.3 Å². The van der Waals surface area contributed by atoms with Crippen molar-refractivity contribution in [1.29, 1.82) is 0 Å². The standard InChI is InChI=1S/C15H20N2O/c1-10-8-11(2)14-13(9-10)17-15(18-14)12-6-4-3-5-7-16-12/h8-9,12,16H,3-7H2,1-2H3. The van der Waals surface area contributed by atoms with Gasteiger partial charge in [-0.05, 0) is 50.4 Å². The molecule has 3 nitrogen and oxygen atoms in total. The lowest BCUT2D eigenvalue weighted by Gasteiger charge is -2.10. The second-order valence-corrected chi connectivity index (χ2v) is 5.34. The van der Waals surface area contributed by atoms with Crippen molar-refractivity contribution in [3.63, 3.8) is 0 Å². The van der Waals surface area contributed by atoms with Gasteiger partial charge in [-0.15, -0.1) is 0 Å². The van der Waals surface area contributed by atoms with Crippen molar-refractivity contribution in [2.75, 3.05) is 6.54 Å². The Morgan fingerprint density at radius 2 is 2.11 bits per heavy atom. The van der Waals surface area contributed by atoms with Crippen LogP contribution < -0.4 is 5.32 Å². The van der Waals surface area contributed by atoms with Crippen LogP contribution in [0.1, 0.15) is 48.7 Å². The first-order chi connectivity index (χ1) is 8.74. The SMILES string of the molecule is Cc1cc(C)c2oc(C3CCCCCN3)nc2c1. The molecule has 1 aromatic heterocycles. The summed E-state index contributed by atoms with van der Waals surface area (Å²) in [5.74, 6) is 0.862. The van der Waals surface area contributed by atoms with Crippen molar-refractivity contribution >= 4 is 11.1 Å². The van der Waals surface area contributed by atoms with Crippen LogP contribution in [-0.2, 0) is 0 Å². The summed E-state index contributed by atoms with van der Waals surface area (Å²) in [4.78, 5) is 4.67. The van der Waals surface area contributed by atoms with Gasteiger partial charge in [0.1, 0.15) is 5.52 Å². The summed E-state index contributed by atoms with van der Waals surface area (Å²) >= 11 is 0. The molecule has 0 amide bonds. The van der Waals surface area contributed by atoms with Crippen LogP contribution in [-0.4, -0.2) is 11.5 Å². The van der Waals surface area contributed by atoms with E-state index in [0.717, 1.165) is 30.0 Å². The van der Waals surface area contributed by atoms with E-state index in [0.29, 0.717) is 6.04 Å². The minimum absolute atomic E-state index is 0.291. The van der Waals surface area contributed by atoms with E-state index in [1.54, 1.807) is 0 Å². The maximum absolute atomic E-state index is 5.98. The number of aryl methyl sites for hydroxylation is 2. The summed E-state index contributed by atoms with van der Waals surface area (Å²) in [6.45, 7) is 5.26. The first-order valence-electron chi connectivity index (χ1n) is 6.85.